The Bertz CT molecular complexity index is 622. The lowest BCUT2D eigenvalue weighted by atomic mass is 9.79. The Kier molecular flexibility index (Phi) is 2.90. The normalized spacial score (nSPS) is 18.1. The van der Waals surface area contributed by atoms with Crippen LogP contribution < -0.4 is 0 Å². The van der Waals surface area contributed by atoms with Crippen LogP contribution in [0.25, 0.3) is 0 Å². The second-order valence-corrected chi connectivity index (χ2v) is 5.22. The third-order valence-corrected chi connectivity index (χ3v) is 3.88. The number of rotatable bonds is 1. The summed E-state index contributed by atoms with van der Waals surface area (Å²) in [5.74, 6) is 0.179. The van der Waals surface area contributed by atoms with Crippen LogP contribution in [-0.4, -0.2) is 15.2 Å². The highest BCUT2D eigenvalue weighted by Gasteiger charge is 2.22. The summed E-state index contributed by atoms with van der Waals surface area (Å²) in [4.78, 5) is 4.36. The first-order valence-corrected chi connectivity index (χ1v) is 6.62. The average Bonchev–Trinajstić information content (AvgIpc) is 2.41. The van der Waals surface area contributed by atoms with Gasteiger partial charge >= 0.3 is 0 Å². The Morgan fingerprint density at radius 2 is 2.00 bits per heavy atom. The fraction of sp³-hybridized carbons (Fsp3) is 0.312. The minimum atomic E-state index is -0.0642. The summed E-state index contributed by atoms with van der Waals surface area (Å²) < 4.78 is 0. The fourth-order valence-electron chi connectivity index (χ4n) is 2.90. The molecule has 0 fully saturated rings. The van der Waals surface area contributed by atoms with Gasteiger partial charge in [0.15, 0.2) is 11.5 Å². The van der Waals surface area contributed by atoms with Gasteiger partial charge in [-0.3, -0.25) is 4.98 Å². The second-order valence-electron chi connectivity index (χ2n) is 5.22. The van der Waals surface area contributed by atoms with Crippen LogP contribution in [0.4, 0.5) is 0 Å². The highest BCUT2D eigenvalue weighted by molar-refractivity contribution is 5.46. The fourth-order valence-corrected chi connectivity index (χ4v) is 2.90. The van der Waals surface area contributed by atoms with E-state index < -0.39 is 0 Å². The van der Waals surface area contributed by atoms with Crippen molar-refractivity contribution >= 4 is 0 Å². The van der Waals surface area contributed by atoms with E-state index in [1.807, 2.05) is 19.2 Å². The molecule has 1 unspecified atom stereocenters. The van der Waals surface area contributed by atoms with E-state index in [9.17, 15) is 10.2 Å². The molecule has 0 radical (unpaired) electrons. The molecule has 98 valence electrons. The highest BCUT2D eigenvalue weighted by atomic mass is 16.3. The van der Waals surface area contributed by atoms with Gasteiger partial charge in [0.1, 0.15) is 0 Å². The Morgan fingerprint density at radius 1 is 1.16 bits per heavy atom. The van der Waals surface area contributed by atoms with Crippen molar-refractivity contribution in [2.75, 3.05) is 0 Å². The Hall–Kier alpha value is -2.03. The minimum Gasteiger partial charge on any atom is -0.504 e. The maximum atomic E-state index is 9.67. The molecule has 0 aliphatic heterocycles. The number of aromatic hydroxyl groups is 2. The number of nitrogens with zero attached hydrogens (tertiary/aromatic N) is 1. The van der Waals surface area contributed by atoms with E-state index in [-0.39, 0.29) is 17.4 Å². The molecule has 1 atom stereocenters. The number of phenols is 2. The quantitative estimate of drug-likeness (QED) is 0.769. The molecule has 0 spiro atoms. The average molecular weight is 255 g/mol. The standard InChI is InChI=1S/C16H17NO2/c1-10-7-14-12(9-17-10)3-2-4-13(14)11-5-6-15(18)16(19)8-11/h5-9,13,18-19H,2-4H2,1H3. The summed E-state index contributed by atoms with van der Waals surface area (Å²) in [6.45, 7) is 2.00. The molecule has 1 aromatic carbocycles. The molecular weight excluding hydrogens is 238 g/mol. The van der Waals surface area contributed by atoms with Gasteiger partial charge in [0.25, 0.3) is 0 Å². The van der Waals surface area contributed by atoms with Crippen molar-refractivity contribution in [1.82, 2.24) is 4.98 Å². The Balaban J connectivity index is 2.07. The van der Waals surface area contributed by atoms with Gasteiger partial charge in [-0.1, -0.05) is 6.07 Å². The highest BCUT2D eigenvalue weighted by Crippen LogP contribution is 2.39. The lowest BCUT2D eigenvalue weighted by Crippen LogP contribution is -2.12. The monoisotopic (exact) mass is 255 g/mol. The minimum absolute atomic E-state index is 0.0459. The third-order valence-electron chi connectivity index (χ3n) is 3.88. The Morgan fingerprint density at radius 3 is 2.79 bits per heavy atom. The number of hydrogen-bond acceptors (Lipinski definition) is 3. The van der Waals surface area contributed by atoms with E-state index in [1.165, 1.54) is 11.1 Å². The van der Waals surface area contributed by atoms with Crippen molar-refractivity contribution < 1.29 is 10.2 Å². The number of benzene rings is 1. The van der Waals surface area contributed by atoms with Crippen LogP contribution in [0, 0.1) is 6.92 Å². The van der Waals surface area contributed by atoms with Gasteiger partial charge in [0.2, 0.25) is 0 Å². The summed E-state index contributed by atoms with van der Waals surface area (Å²) >= 11 is 0. The van der Waals surface area contributed by atoms with Crippen LogP contribution in [0.15, 0.2) is 30.5 Å². The van der Waals surface area contributed by atoms with Gasteiger partial charge in [0.05, 0.1) is 0 Å². The third kappa shape index (κ3) is 2.16. The SMILES string of the molecule is Cc1cc2c(cn1)CCCC2c1ccc(O)c(O)c1. The van der Waals surface area contributed by atoms with E-state index in [1.54, 1.807) is 12.1 Å². The van der Waals surface area contributed by atoms with Crippen LogP contribution in [-0.2, 0) is 6.42 Å². The van der Waals surface area contributed by atoms with Crippen LogP contribution in [0.2, 0.25) is 0 Å². The summed E-state index contributed by atoms with van der Waals surface area (Å²) in [6.07, 6.45) is 5.24. The van der Waals surface area contributed by atoms with Gasteiger partial charge in [-0.05, 0) is 61.1 Å². The maximum absolute atomic E-state index is 9.67. The molecular formula is C16H17NO2. The van der Waals surface area contributed by atoms with Gasteiger partial charge in [-0.25, -0.2) is 0 Å². The van der Waals surface area contributed by atoms with Gasteiger partial charge < -0.3 is 10.2 Å². The number of phenolic OH excluding ortho intramolecular Hbond substituents is 2. The molecule has 0 saturated carbocycles. The van der Waals surface area contributed by atoms with Crippen molar-refractivity contribution in [3.05, 3.63) is 52.8 Å². The summed E-state index contributed by atoms with van der Waals surface area (Å²) in [5, 5.41) is 19.1. The van der Waals surface area contributed by atoms with Crippen molar-refractivity contribution in [3.8, 4) is 11.5 Å². The molecule has 0 amide bonds. The van der Waals surface area contributed by atoms with Crippen LogP contribution in [0.1, 0.15) is 41.1 Å². The number of aryl methyl sites for hydroxylation is 2. The molecule has 0 bridgehead atoms. The summed E-state index contributed by atoms with van der Waals surface area (Å²) in [5.41, 5.74) is 4.69. The molecule has 0 saturated heterocycles. The maximum Gasteiger partial charge on any atom is 0.157 e. The van der Waals surface area contributed by atoms with E-state index >= 15 is 0 Å². The molecule has 1 heterocycles. The summed E-state index contributed by atoms with van der Waals surface area (Å²) in [7, 11) is 0. The molecule has 2 aromatic rings. The van der Waals surface area contributed by atoms with Crippen molar-refractivity contribution in [3.63, 3.8) is 0 Å². The first kappa shape index (κ1) is 12.0. The smallest absolute Gasteiger partial charge is 0.157 e. The summed E-state index contributed by atoms with van der Waals surface area (Å²) in [6, 6.07) is 7.27. The molecule has 3 rings (SSSR count). The van der Waals surface area contributed by atoms with E-state index in [4.69, 9.17) is 0 Å². The molecule has 1 aliphatic carbocycles. The zero-order chi connectivity index (χ0) is 13.4. The molecule has 19 heavy (non-hydrogen) atoms. The van der Waals surface area contributed by atoms with E-state index in [2.05, 4.69) is 11.1 Å². The van der Waals surface area contributed by atoms with Crippen LogP contribution in [0.3, 0.4) is 0 Å². The number of hydrogen-bond donors (Lipinski definition) is 2. The molecule has 1 aromatic heterocycles. The molecule has 3 nitrogen and oxygen atoms in total. The van der Waals surface area contributed by atoms with Crippen LogP contribution >= 0.6 is 0 Å². The predicted octanol–water partition coefficient (Wildman–Crippen LogP) is 3.27. The molecule has 2 N–H and O–H groups in total. The number of aromatic nitrogens is 1. The molecule has 1 aliphatic rings. The number of fused-ring (bicyclic) bond motifs is 1. The van der Waals surface area contributed by atoms with Gasteiger partial charge in [-0.15, -0.1) is 0 Å². The van der Waals surface area contributed by atoms with Crippen molar-refractivity contribution in [2.24, 2.45) is 0 Å². The van der Waals surface area contributed by atoms with Gasteiger partial charge in [0, 0.05) is 17.8 Å². The zero-order valence-corrected chi connectivity index (χ0v) is 10.9. The topological polar surface area (TPSA) is 53.4 Å². The first-order valence-electron chi connectivity index (χ1n) is 6.62. The largest absolute Gasteiger partial charge is 0.504 e. The van der Waals surface area contributed by atoms with Crippen molar-refractivity contribution in [2.45, 2.75) is 32.1 Å². The second kappa shape index (κ2) is 4.57. The lowest BCUT2D eigenvalue weighted by Gasteiger charge is -2.26. The first-order chi connectivity index (χ1) is 9.15. The molecule has 3 heteroatoms. The zero-order valence-electron chi connectivity index (χ0n) is 10.9. The predicted molar refractivity (Wildman–Crippen MR) is 73.5 cm³/mol. The van der Waals surface area contributed by atoms with Gasteiger partial charge in [-0.2, -0.15) is 0 Å². The van der Waals surface area contributed by atoms with E-state index in [0.717, 1.165) is 30.5 Å². The lowest BCUT2D eigenvalue weighted by molar-refractivity contribution is 0.402. The van der Waals surface area contributed by atoms with Crippen molar-refractivity contribution in [1.29, 1.82) is 0 Å². The Labute approximate surface area is 112 Å². The number of pyridine rings is 1. The van der Waals surface area contributed by atoms with E-state index in [0.29, 0.717) is 0 Å². The van der Waals surface area contributed by atoms with Crippen LogP contribution in [0.5, 0.6) is 11.5 Å².